The molecule has 94 valence electrons. The number of benzene rings is 2. The van der Waals surface area contributed by atoms with Gasteiger partial charge in [0.1, 0.15) is 0 Å². The summed E-state index contributed by atoms with van der Waals surface area (Å²) in [5.41, 5.74) is 2.68. The minimum Gasteiger partial charge on any atom is -0.478 e. The number of carboxylic acid groups (broad SMARTS) is 1. The molecule has 3 heteroatoms. The molecule has 3 rings (SSSR count). The lowest BCUT2D eigenvalue weighted by Crippen LogP contribution is -1.91. The molecule has 19 heavy (non-hydrogen) atoms. The Bertz CT molecular complexity index is 771. The summed E-state index contributed by atoms with van der Waals surface area (Å²) in [5.74, 6) is -0.876. The van der Waals surface area contributed by atoms with E-state index in [4.69, 9.17) is 5.11 Å². The van der Waals surface area contributed by atoms with E-state index in [2.05, 4.69) is 31.2 Å². The van der Waals surface area contributed by atoms with Crippen LogP contribution in [0.3, 0.4) is 0 Å². The molecular formula is C16H12O2S. The van der Waals surface area contributed by atoms with Gasteiger partial charge in [0.2, 0.25) is 0 Å². The predicted octanol–water partition coefficient (Wildman–Crippen LogP) is 4.57. The molecule has 1 N–H and O–H groups in total. The third-order valence-electron chi connectivity index (χ3n) is 3.25. The molecular weight excluding hydrogens is 256 g/mol. The number of carboxylic acids is 1. The van der Waals surface area contributed by atoms with Crippen molar-refractivity contribution in [1.29, 1.82) is 0 Å². The maximum Gasteiger partial charge on any atom is 0.336 e. The first-order valence-corrected chi connectivity index (χ1v) is 6.85. The molecule has 0 fully saturated rings. The lowest BCUT2D eigenvalue weighted by atomic mass is 9.99. The van der Waals surface area contributed by atoms with Crippen molar-refractivity contribution in [2.75, 3.05) is 0 Å². The standard InChI is InChI=1S/C16H12O2S/c1-10-6-7-14(13-5-3-2-4-12(10)13)15-8-11(9-19-15)16(17)18/h2-9H,1H3,(H,17,18). The summed E-state index contributed by atoms with van der Waals surface area (Å²) in [6, 6.07) is 14.1. The molecule has 0 saturated carbocycles. The fourth-order valence-corrected chi connectivity index (χ4v) is 3.18. The summed E-state index contributed by atoms with van der Waals surface area (Å²) >= 11 is 1.47. The van der Waals surface area contributed by atoms with E-state index in [-0.39, 0.29) is 0 Å². The van der Waals surface area contributed by atoms with Gasteiger partial charge in [0, 0.05) is 10.3 Å². The van der Waals surface area contributed by atoms with Gasteiger partial charge in [0.15, 0.2) is 0 Å². The molecule has 1 aromatic heterocycles. The van der Waals surface area contributed by atoms with Gasteiger partial charge >= 0.3 is 5.97 Å². The Hall–Kier alpha value is -2.13. The van der Waals surface area contributed by atoms with E-state index in [0.29, 0.717) is 5.56 Å². The van der Waals surface area contributed by atoms with Gasteiger partial charge in [0.25, 0.3) is 0 Å². The van der Waals surface area contributed by atoms with Crippen molar-refractivity contribution in [2.24, 2.45) is 0 Å². The molecule has 0 aliphatic rings. The number of hydrogen-bond acceptors (Lipinski definition) is 2. The molecule has 1 heterocycles. The van der Waals surface area contributed by atoms with Crippen molar-refractivity contribution in [2.45, 2.75) is 6.92 Å². The maximum atomic E-state index is 11.0. The van der Waals surface area contributed by atoms with E-state index in [1.54, 1.807) is 11.4 Å². The first kappa shape index (κ1) is 11.9. The van der Waals surface area contributed by atoms with Gasteiger partial charge in [-0.15, -0.1) is 11.3 Å². The number of hydrogen-bond donors (Lipinski definition) is 1. The quantitative estimate of drug-likeness (QED) is 0.739. The molecule has 0 aliphatic heterocycles. The second-order valence-corrected chi connectivity index (χ2v) is 5.39. The third-order valence-corrected chi connectivity index (χ3v) is 4.22. The molecule has 0 radical (unpaired) electrons. The molecule has 2 nitrogen and oxygen atoms in total. The zero-order chi connectivity index (χ0) is 13.4. The van der Waals surface area contributed by atoms with Crippen LogP contribution < -0.4 is 0 Å². The summed E-state index contributed by atoms with van der Waals surface area (Å²) in [5, 5.41) is 13.1. The summed E-state index contributed by atoms with van der Waals surface area (Å²) in [4.78, 5) is 12.0. The third kappa shape index (κ3) is 2.02. The first-order valence-electron chi connectivity index (χ1n) is 5.97. The van der Waals surface area contributed by atoms with Crippen molar-refractivity contribution < 1.29 is 9.90 Å². The molecule has 0 aliphatic carbocycles. The van der Waals surface area contributed by atoms with Crippen LogP contribution in [0.4, 0.5) is 0 Å². The first-order chi connectivity index (χ1) is 9.16. The highest BCUT2D eigenvalue weighted by atomic mass is 32.1. The number of rotatable bonds is 2. The van der Waals surface area contributed by atoms with Crippen molar-refractivity contribution in [3.8, 4) is 10.4 Å². The monoisotopic (exact) mass is 268 g/mol. The van der Waals surface area contributed by atoms with E-state index in [1.165, 1.54) is 27.7 Å². The average Bonchev–Trinajstić information content (AvgIpc) is 2.89. The van der Waals surface area contributed by atoms with Crippen LogP contribution in [0.1, 0.15) is 15.9 Å². The lowest BCUT2D eigenvalue weighted by Gasteiger charge is -2.07. The van der Waals surface area contributed by atoms with Gasteiger partial charge in [-0.05, 0) is 34.9 Å². The maximum absolute atomic E-state index is 11.0. The SMILES string of the molecule is Cc1ccc(-c2cc(C(=O)O)cs2)c2ccccc12. The van der Waals surface area contributed by atoms with Gasteiger partial charge in [0.05, 0.1) is 5.56 Å². The molecule has 2 aromatic carbocycles. The largest absolute Gasteiger partial charge is 0.478 e. The van der Waals surface area contributed by atoms with E-state index in [1.807, 2.05) is 12.1 Å². The molecule has 0 unspecified atom stereocenters. The molecule has 3 aromatic rings. The van der Waals surface area contributed by atoms with E-state index in [0.717, 1.165) is 10.4 Å². The minimum atomic E-state index is -0.876. The predicted molar refractivity (Wildman–Crippen MR) is 79.0 cm³/mol. The lowest BCUT2D eigenvalue weighted by molar-refractivity contribution is 0.0697. The zero-order valence-corrected chi connectivity index (χ0v) is 11.2. The highest BCUT2D eigenvalue weighted by Crippen LogP contribution is 2.34. The molecule has 0 atom stereocenters. The van der Waals surface area contributed by atoms with Crippen LogP contribution in [0.2, 0.25) is 0 Å². The Morgan fingerprint density at radius 1 is 1.11 bits per heavy atom. The highest BCUT2D eigenvalue weighted by molar-refractivity contribution is 7.14. The normalized spacial score (nSPS) is 10.8. The van der Waals surface area contributed by atoms with Crippen LogP contribution in [-0.2, 0) is 0 Å². The Balaban J connectivity index is 2.24. The van der Waals surface area contributed by atoms with Gasteiger partial charge in [-0.3, -0.25) is 0 Å². The fraction of sp³-hybridized carbons (Fsp3) is 0.0625. The molecule has 0 bridgehead atoms. The van der Waals surface area contributed by atoms with Crippen LogP contribution in [0.5, 0.6) is 0 Å². The highest BCUT2D eigenvalue weighted by Gasteiger charge is 2.11. The second kappa shape index (κ2) is 4.52. The van der Waals surface area contributed by atoms with Crippen LogP contribution >= 0.6 is 11.3 Å². The zero-order valence-electron chi connectivity index (χ0n) is 10.4. The van der Waals surface area contributed by atoms with Crippen LogP contribution in [0, 0.1) is 6.92 Å². The van der Waals surface area contributed by atoms with E-state index >= 15 is 0 Å². The molecule has 0 saturated heterocycles. The van der Waals surface area contributed by atoms with Crippen molar-refractivity contribution in [1.82, 2.24) is 0 Å². The molecule has 0 spiro atoms. The minimum absolute atomic E-state index is 0.352. The topological polar surface area (TPSA) is 37.3 Å². The number of aromatic carboxylic acids is 1. The van der Waals surface area contributed by atoms with Crippen molar-refractivity contribution in [3.05, 3.63) is 59.0 Å². The van der Waals surface area contributed by atoms with E-state index in [9.17, 15) is 4.79 Å². The second-order valence-electron chi connectivity index (χ2n) is 4.48. The molecule has 0 amide bonds. The number of thiophene rings is 1. The van der Waals surface area contributed by atoms with Crippen LogP contribution in [-0.4, -0.2) is 11.1 Å². The summed E-state index contributed by atoms with van der Waals surface area (Å²) in [7, 11) is 0. The van der Waals surface area contributed by atoms with Gasteiger partial charge in [-0.1, -0.05) is 36.4 Å². The number of fused-ring (bicyclic) bond motifs is 1. The Kier molecular flexibility index (Phi) is 2.84. The Labute approximate surface area is 114 Å². The van der Waals surface area contributed by atoms with Crippen LogP contribution in [0.15, 0.2) is 47.8 Å². The van der Waals surface area contributed by atoms with Gasteiger partial charge in [-0.25, -0.2) is 4.79 Å². The summed E-state index contributed by atoms with van der Waals surface area (Å²) in [6.45, 7) is 2.09. The Morgan fingerprint density at radius 2 is 1.84 bits per heavy atom. The summed E-state index contributed by atoms with van der Waals surface area (Å²) in [6.07, 6.45) is 0. The Morgan fingerprint density at radius 3 is 2.53 bits per heavy atom. The van der Waals surface area contributed by atoms with E-state index < -0.39 is 5.97 Å². The fourth-order valence-electron chi connectivity index (χ4n) is 2.25. The van der Waals surface area contributed by atoms with Crippen LogP contribution in [0.25, 0.3) is 21.2 Å². The number of aryl methyl sites for hydroxylation is 1. The van der Waals surface area contributed by atoms with Crippen molar-refractivity contribution in [3.63, 3.8) is 0 Å². The summed E-state index contributed by atoms with van der Waals surface area (Å²) < 4.78 is 0. The van der Waals surface area contributed by atoms with Crippen molar-refractivity contribution >= 4 is 28.1 Å². The van der Waals surface area contributed by atoms with Gasteiger partial charge in [-0.2, -0.15) is 0 Å². The number of carbonyl (C=O) groups is 1. The smallest absolute Gasteiger partial charge is 0.336 e. The average molecular weight is 268 g/mol. The van der Waals surface area contributed by atoms with Gasteiger partial charge < -0.3 is 5.11 Å².